The topological polar surface area (TPSA) is 165 Å². The summed E-state index contributed by atoms with van der Waals surface area (Å²) in [4.78, 5) is 56.1. The first-order valence-corrected chi connectivity index (χ1v) is 8.72. The van der Waals surface area contributed by atoms with Crippen molar-refractivity contribution in [3.8, 4) is 0 Å². The van der Waals surface area contributed by atoms with Crippen LogP contribution in [0.3, 0.4) is 0 Å². The molecule has 0 spiro atoms. The third-order valence-corrected chi connectivity index (χ3v) is 4.49. The minimum Gasteiger partial charge on any atom is -0.481 e. The van der Waals surface area contributed by atoms with Gasteiger partial charge in [-0.15, -0.1) is 0 Å². The van der Waals surface area contributed by atoms with E-state index in [4.69, 9.17) is 15.3 Å². The van der Waals surface area contributed by atoms with Crippen LogP contribution in [-0.4, -0.2) is 55.1 Å². The Hall–Kier alpha value is -2.35. The van der Waals surface area contributed by atoms with Crippen molar-refractivity contribution in [3.05, 3.63) is 29.8 Å². The molecule has 0 aliphatic heterocycles. The summed E-state index contributed by atoms with van der Waals surface area (Å²) in [6.45, 7) is 0. The highest BCUT2D eigenvalue weighted by molar-refractivity contribution is 7.79. The normalized spacial score (nSPS) is 12.9. The third kappa shape index (κ3) is 6.82. The minimum absolute atomic E-state index is 0.0330. The molecule has 1 aromatic rings. The van der Waals surface area contributed by atoms with Crippen molar-refractivity contribution >= 4 is 37.3 Å². The standard InChI is InChI=1S/C14H16NO8P/c16-12(17)5-4-10(14(20)21)7-24(22,23)8-15-11-3-1-2-9(6-11)13(18)19/h1-3,6,8,10,22-23H,4-5,7H2,(H2-,16,17,18,19,20,21)/p+1. The predicted molar refractivity (Wildman–Crippen MR) is 85.8 cm³/mol. The zero-order chi connectivity index (χ0) is 18.3. The maximum atomic E-state index is 11.1. The molecule has 1 rings (SSSR count). The molecule has 0 heterocycles. The molecular formula is C14H17NO8P+. The SMILES string of the molecule is O=C(O)CCC(C[P+](O)(O)C=Nc1cccc(C(=O)O)c1)C(=O)O. The summed E-state index contributed by atoms with van der Waals surface area (Å²) in [6.07, 6.45) is -1.19. The van der Waals surface area contributed by atoms with Crippen LogP contribution < -0.4 is 0 Å². The van der Waals surface area contributed by atoms with Crippen LogP contribution >= 0.6 is 7.72 Å². The number of nitrogens with zero attached hydrogens (tertiary/aromatic N) is 1. The molecule has 5 N–H and O–H groups in total. The van der Waals surface area contributed by atoms with E-state index < -0.39 is 44.1 Å². The Kier molecular flexibility index (Phi) is 6.97. The molecule has 0 bridgehead atoms. The molecule has 0 aliphatic rings. The average molecular weight is 358 g/mol. The van der Waals surface area contributed by atoms with Crippen LogP contribution in [0, 0.1) is 5.92 Å². The van der Waals surface area contributed by atoms with E-state index in [0.717, 1.165) is 5.96 Å². The largest absolute Gasteiger partial charge is 0.481 e. The van der Waals surface area contributed by atoms with E-state index in [9.17, 15) is 24.2 Å². The van der Waals surface area contributed by atoms with Crippen molar-refractivity contribution in [2.45, 2.75) is 12.8 Å². The van der Waals surface area contributed by atoms with Gasteiger partial charge in [-0.25, -0.2) is 19.6 Å². The van der Waals surface area contributed by atoms with E-state index >= 15 is 0 Å². The van der Waals surface area contributed by atoms with Crippen LogP contribution in [0.15, 0.2) is 29.3 Å². The van der Waals surface area contributed by atoms with Gasteiger partial charge in [-0.3, -0.25) is 9.59 Å². The maximum Gasteiger partial charge on any atom is 0.335 e. The monoisotopic (exact) mass is 358 g/mol. The number of carbonyl (C=O) groups is 3. The van der Waals surface area contributed by atoms with Gasteiger partial charge in [0.05, 0.1) is 17.2 Å². The molecule has 1 unspecified atom stereocenters. The first-order valence-electron chi connectivity index (χ1n) is 6.77. The first-order chi connectivity index (χ1) is 11.1. The Bertz CT molecular complexity index is 658. The average Bonchev–Trinajstić information content (AvgIpc) is 2.49. The van der Waals surface area contributed by atoms with E-state index in [1.54, 1.807) is 0 Å². The molecule has 1 atom stereocenters. The molecule has 130 valence electrons. The lowest BCUT2D eigenvalue weighted by Gasteiger charge is -2.13. The predicted octanol–water partition coefficient (Wildman–Crippen LogP) is 1.44. The summed E-state index contributed by atoms with van der Waals surface area (Å²) in [5.41, 5.74) is 0.133. The fourth-order valence-corrected chi connectivity index (χ4v) is 3.24. The molecule has 1 aromatic carbocycles. The Balaban J connectivity index is 2.82. The summed E-state index contributed by atoms with van der Waals surface area (Å²) >= 11 is 0. The van der Waals surface area contributed by atoms with Crippen molar-refractivity contribution in [2.75, 3.05) is 6.16 Å². The van der Waals surface area contributed by atoms with Crippen molar-refractivity contribution in [1.29, 1.82) is 0 Å². The van der Waals surface area contributed by atoms with E-state index in [2.05, 4.69) is 4.99 Å². The van der Waals surface area contributed by atoms with Gasteiger partial charge in [-0.05, 0) is 24.6 Å². The lowest BCUT2D eigenvalue weighted by molar-refractivity contribution is -0.142. The van der Waals surface area contributed by atoms with Crippen molar-refractivity contribution in [1.82, 2.24) is 0 Å². The zero-order valence-corrected chi connectivity index (χ0v) is 13.3. The Morgan fingerprint density at radius 1 is 1.17 bits per heavy atom. The van der Waals surface area contributed by atoms with E-state index in [1.807, 2.05) is 0 Å². The minimum atomic E-state index is -3.83. The molecule has 0 aromatic heterocycles. The number of aliphatic imine (C=N–C) groups is 1. The van der Waals surface area contributed by atoms with E-state index in [0.29, 0.717) is 0 Å². The van der Waals surface area contributed by atoms with Crippen LogP contribution in [0.1, 0.15) is 23.2 Å². The molecular weight excluding hydrogens is 341 g/mol. The van der Waals surface area contributed by atoms with Crippen molar-refractivity contribution in [2.24, 2.45) is 10.9 Å². The Labute approximate surface area is 137 Å². The van der Waals surface area contributed by atoms with E-state index in [-0.39, 0.29) is 17.7 Å². The molecule has 24 heavy (non-hydrogen) atoms. The zero-order valence-electron chi connectivity index (χ0n) is 12.4. The first kappa shape index (κ1) is 19.7. The van der Waals surface area contributed by atoms with Gasteiger partial charge in [0.2, 0.25) is 5.96 Å². The van der Waals surface area contributed by atoms with Gasteiger partial charge in [0.25, 0.3) is 0 Å². The second kappa shape index (κ2) is 8.49. The third-order valence-electron chi connectivity index (χ3n) is 3.03. The van der Waals surface area contributed by atoms with Crippen LogP contribution in [0.5, 0.6) is 0 Å². The number of aliphatic carboxylic acids is 2. The van der Waals surface area contributed by atoms with E-state index in [1.165, 1.54) is 24.3 Å². The lowest BCUT2D eigenvalue weighted by atomic mass is 10.1. The fourth-order valence-electron chi connectivity index (χ4n) is 1.84. The van der Waals surface area contributed by atoms with Gasteiger partial charge in [0.1, 0.15) is 6.16 Å². The van der Waals surface area contributed by atoms with Gasteiger partial charge in [-0.2, -0.15) is 0 Å². The number of rotatable bonds is 9. The summed E-state index contributed by atoms with van der Waals surface area (Å²) in [6, 6.07) is 5.44. The highest BCUT2D eigenvalue weighted by Gasteiger charge is 2.38. The summed E-state index contributed by atoms with van der Waals surface area (Å²) in [5.74, 6) is -4.11. The number of carboxylic acids is 3. The molecule has 10 heteroatoms. The van der Waals surface area contributed by atoms with Crippen LogP contribution in [-0.2, 0) is 9.59 Å². The molecule has 0 saturated carbocycles. The van der Waals surface area contributed by atoms with Crippen LogP contribution in [0.4, 0.5) is 5.69 Å². The molecule has 0 amide bonds. The van der Waals surface area contributed by atoms with Crippen molar-refractivity contribution < 1.29 is 39.5 Å². The number of hydrogen-bond donors (Lipinski definition) is 5. The summed E-state index contributed by atoms with van der Waals surface area (Å²) in [5, 5.41) is 26.5. The number of benzene rings is 1. The second-order valence-electron chi connectivity index (χ2n) is 5.04. The van der Waals surface area contributed by atoms with Crippen LogP contribution in [0.25, 0.3) is 0 Å². The smallest absolute Gasteiger partial charge is 0.335 e. The highest BCUT2D eigenvalue weighted by Crippen LogP contribution is 2.49. The van der Waals surface area contributed by atoms with Gasteiger partial charge in [0.15, 0.2) is 0 Å². The highest BCUT2D eigenvalue weighted by atomic mass is 31.2. The molecule has 9 nitrogen and oxygen atoms in total. The van der Waals surface area contributed by atoms with Gasteiger partial charge in [0, 0.05) is 6.42 Å². The van der Waals surface area contributed by atoms with Crippen LogP contribution in [0.2, 0.25) is 0 Å². The molecule has 0 saturated heterocycles. The quantitative estimate of drug-likeness (QED) is 0.327. The van der Waals surface area contributed by atoms with Gasteiger partial charge in [-0.1, -0.05) is 6.07 Å². The van der Waals surface area contributed by atoms with Gasteiger partial charge >= 0.3 is 25.6 Å². The maximum absolute atomic E-state index is 11.1. The number of aromatic carboxylic acids is 1. The summed E-state index contributed by atoms with van der Waals surface area (Å²) < 4.78 is 0. The molecule has 0 radical (unpaired) electrons. The fraction of sp³-hybridized carbons (Fsp3) is 0.286. The molecule has 0 fully saturated rings. The Morgan fingerprint density at radius 2 is 1.83 bits per heavy atom. The lowest BCUT2D eigenvalue weighted by Crippen LogP contribution is -2.21. The van der Waals surface area contributed by atoms with Crippen molar-refractivity contribution in [3.63, 3.8) is 0 Å². The molecule has 0 aliphatic carbocycles. The number of carboxylic acid groups (broad SMARTS) is 3. The summed E-state index contributed by atoms with van der Waals surface area (Å²) in [7, 11) is -3.83. The van der Waals surface area contributed by atoms with Gasteiger partial charge < -0.3 is 15.3 Å². The number of hydrogen-bond acceptors (Lipinski definition) is 6. The second-order valence-corrected chi connectivity index (χ2v) is 7.20. The Morgan fingerprint density at radius 3 is 2.38 bits per heavy atom.